The first kappa shape index (κ1) is 32.1. The van der Waals surface area contributed by atoms with Gasteiger partial charge in [-0.3, -0.25) is 9.52 Å². The van der Waals surface area contributed by atoms with Crippen molar-refractivity contribution in [2.75, 3.05) is 44.0 Å². The Balaban J connectivity index is 1.70. The maximum Gasteiger partial charge on any atom is 0.405 e. The third-order valence-corrected chi connectivity index (χ3v) is 7.32. The maximum absolute atomic E-state index is 13.4. The minimum absolute atomic E-state index is 0.0160. The van der Waals surface area contributed by atoms with Crippen molar-refractivity contribution >= 4 is 44.3 Å². The van der Waals surface area contributed by atoms with Gasteiger partial charge in [0.1, 0.15) is 12.3 Å². The average Bonchev–Trinajstić information content (AvgIpc) is 3.00. The Kier molecular flexibility index (Phi) is 9.95. The lowest BCUT2D eigenvalue weighted by Gasteiger charge is -2.19. The molecule has 0 radical (unpaired) electrons. The smallest absolute Gasteiger partial charge is 0.405 e. The number of carbonyl (C=O) groups excluding carboxylic acids is 1. The second-order valence-electron chi connectivity index (χ2n) is 9.09. The molecule has 1 heterocycles. The molecule has 0 atom stereocenters. The zero-order chi connectivity index (χ0) is 31.9. The third-order valence-electron chi connectivity index (χ3n) is 5.96. The molecule has 0 bridgehead atoms. The number of para-hydroxylation sites is 2. The van der Waals surface area contributed by atoms with E-state index in [9.17, 15) is 31.5 Å². The van der Waals surface area contributed by atoms with Crippen molar-refractivity contribution in [1.29, 1.82) is 0 Å². The first-order chi connectivity index (χ1) is 20.9. The van der Waals surface area contributed by atoms with Crippen LogP contribution in [0.5, 0.6) is 17.2 Å². The number of hydrogen-bond acceptors (Lipinski definition) is 10. The number of benzene rings is 3. The molecule has 0 saturated heterocycles. The molecule has 4 N–H and O–H groups in total. The topological polar surface area (TPSA) is 161 Å². The molecule has 0 aliphatic rings. The number of aromatic nitrogens is 2. The van der Waals surface area contributed by atoms with Crippen molar-refractivity contribution < 1.29 is 45.7 Å². The van der Waals surface area contributed by atoms with Crippen LogP contribution < -0.4 is 29.6 Å². The molecule has 16 heteroatoms. The van der Waals surface area contributed by atoms with Crippen molar-refractivity contribution in [2.45, 2.75) is 17.5 Å². The SMILES string of the molecule is COc1cc(Nc2nc3ccccc3nc2NS(=O)(=O)c2ccc(C(=O)NCC(F)(F)F)cc2)c(OCCCO)c(OC)c1. The van der Waals surface area contributed by atoms with Gasteiger partial charge in [-0.25, -0.2) is 18.4 Å². The van der Waals surface area contributed by atoms with E-state index in [0.717, 1.165) is 24.3 Å². The van der Waals surface area contributed by atoms with Gasteiger partial charge in [-0.15, -0.1) is 0 Å². The molecule has 0 spiro atoms. The average molecular weight is 636 g/mol. The van der Waals surface area contributed by atoms with E-state index in [0.29, 0.717) is 34.6 Å². The molecule has 234 valence electrons. The Morgan fingerprint density at radius 2 is 1.61 bits per heavy atom. The number of amides is 1. The van der Waals surface area contributed by atoms with Crippen LogP contribution >= 0.6 is 0 Å². The number of methoxy groups -OCH3 is 2. The summed E-state index contributed by atoms with van der Waals surface area (Å²) in [5.41, 5.74) is 0.931. The summed E-state index contributed by atoms with van der Waals surface area (Å²) in [6, 6.07) is 14.2. The first-order valence-electron chi connectivity index (χ1n) is 13.0. The molecular formula is C28H28F3N5O7S. The molecule has 0 aliphatic heterocycles. The monoisotopic (exact) mass is 635 g/mol. The van der Waals surface area contributed by atoms with E-state index in [-0.39, 0.29) is 41.1 Å². The summed E-state index contributed by atoms with van der Waals surface area (Å²) in [7, 11) is -1.46. The summed E-state index contributed by atoms with van der Waals surface area (Å²) in [6.45, 7) is -1.50. The highest BCUT2D eigenvalue weighted by atomic mass is 32.2. The van der Waals surface area contributed by atoms with Crippen molar-refractivity contribution in [3.63, 3.8) is 0 Å². The van der Waals surface area contributed by atoms with E-state index in [4.69, 9.17) is 14.2 Å². The van der Waals surface area contributed by atoms with Gasteiger partial charge in [-0.1, -0.05) is 12.1 Å². The fourth-order valence-corrected chi connectivity index (χ4v) is 4.88. The van der Waals surface area contributed by atoms with Gasteiger partial charge in [0, 0.05) is 30.7 Å². The lowest BCUT2D eigenvalue weighted by atomic mass is 10.2. The Morgan fingerprint density at radius 1 is 0.955 bits per heavy atom. The van der Waals surface area contributed by atoms with Crippen LogP contribution in [0.15, 0.2) is 65.6 Å². The van der Waals surface area contributed by atoms with E-state index >= 15 is 0 Å². The summed E-state index contributed by atoms with van der Waals surface area (Å²) in [5, 5.41) is 14.0. The van der Waals surface area contributed by atoms with Crippen LogP contribution in [-0.4, -0.2) is 69.6 Å². The van der Waals surface area contributed by atoms with Crippen molar-refractivity contribution in [3.8, 4) is 17.2 Å². The van der Waals surface area contributed by atoms with Crippen LogP contribution in [0.2, 0.25) is 0 Å². The molecule has 4 rings (SSSR count). The third kappa shape index (κ3) is 7.96. The largest absolute Gasteiger partial charge is 0.497 e. The molecule has 0 aliphatic carbocycles. The second kappa shape index (κ2) is 13.6. The fraction of sp³-hybridized carbons (Fsp3) is 0.250. The van der Waals surface area contributed by atoms with E-state index in [1.165, 1.54) is 14.2 Å². The maximum atomic E-state index is 13.4. The lowest BCUT2D eigenvalue weighted by Crippen LogP contribution is -2.33. The number of nitrogens with one attached hydrogen (secondary N) is 3. The number of fused-ring (bicyclic) bond motifs is 1. The second-order valence-corrected chi connectivity index (χ2v) is 10.8. The number of sulfonamides is 1. The van der Waals surface area contributed by atoms with Crippen LogP contribution in [0.3, 0.4) is 0 Å². The number of carbonyl (C=O) groups is 1. The summed E-state index contributed by atoms with van der Waals surface area (Å²) in [4.78, 5) is 20.7. The Bertz CT molecular complexity index is 1740. The Labute approximate surface area is 250 Å². The number of alkyl halides is 3. The highest BCUT2D eigenvalue weighted by molar-refractivity contribution is 7.92. The fourth-order valence-electron chi connectivity index (χ4n) is 3.87. The summed E-state index contributed by atoms with van der Waals surface area (Å²) in [5.74, 6) is -0.313. The summed E-state index contributed by atoms with van der Waals surface area (Å²) >= 11 is 0. The molecule has 0 saturated carbocycles. The molecule has 3 aromatic carbocycles. The standard InChI is InChI=1S/C28H28F3N5O7S/c1-41-18-14-22(24(23(15-18)42-2)43-13-5-12-37)35-25-26(34-21-7-4-3-6-20(21)33-25)36-44(39,40)19-10-8-17(9-11-19)27(38)32-16-28(29,30)31/h3-4,6-11,14-15,37H,5,12-13,16H2,1-2H3,(H,32,38)(H,33,35)(H,34,36). The van der Waals surface area contributed by atoms with E-state index in [1.54, 1.807) is 41.7 Å². The number of aliphatic hydroxyl groups is 1. The van der Waals surface area contributed by atoms with Gasteiger partial charge in [-0.2, -0.15) is 13.2 Å². The number of rotatable bonds is 13. The number of hydrogen-bond donors (Lipinski definition) is 4. The number of aliphatic hydroxyl groups excluding tert-OH is 1. The molecule has 1 amide bonds. The van der Waals surface area contributed by atoms with Gasteiger partial charge in [0.25, 0.3) is 15.9 Å². The quantitative estimate of drug-likeness (QED) is 0.156. The first-order valence-corrected chi connectivity index (χ1v) is 14.4. The van der Waals surface area contributed by atoms with Gasteiger partial charge >= 0.3 is 6.18 Å². The van der Waals surface area contributed by atoms with Crippen molar-refractivity contribution in [2.24, 2.45) is 0 Å². The normalized spacial score (nSPS) is 11.6. The zero-order valence-corrected chi connectivity index (χ0v) is 24.3. The van der Waals surface area contributed by atoms with Crippen molar-refractivity contribution in [3.05, 3.63) is 66.2 Å². The van der Waals surface area contributed by atoms with Crippen LogP contribution in [-0.2, 0) is 10.0 Å². The lowest BCUT2D eigenvalue weighted by molar-refractivity contribution is -0.123. The Hall–Kier alpha value is -4.83. The number of anilines is 3. The van der Waals surface area contributed by atoms with Gasteiger partial charge in [0.15, 0.2) is 23.1 Å². The molecule has 4 aromatic rings. The van der Waals surface area contributed by atoms with Gasteiger partial charge in [-0.05, 0) is 36.4 Å². The van der Waals surface area contributed by atoms with E-state index < -0.39 is 28.7 Å². The predicted octanol–water partition coefficient (Wildman–Crippen LogP) is 4.24. The van der Waals surface area contributed by atoms with Crippen LogP contribution in [0.4, 0.5) is 30.5 Å². The minimum Gasteiger partial charge on any atom is -0.497 e. The van der Waals surface area contributed by atoms with Crippen molar-refractivity contribution in [1.82, 2.24) is 15.3 Å². The van der Waals surface area contributed by atoms with Gasteiger partial charge in [0.05, 0.1) is 42.4 Å². The van der Waals surface area contributed by atoms with Crippen LogP contribution in [0.25, 0.3) is 11.0 Å². The minimum atomic E-state index is -4.60. The predicted molar refractivity (Wildman–Crippen MR) is 155 cm³/mol. The molecule has 12 nitrogen and oxygen atoms in total. The highest BCUT2D eigenvalue weighted by Gasteiger charge is 2.28. The number of nitrogens with zero attached hydrogens (tertiary/aromatic N) is 2. The molecular weight excluding hydrogens is 607 g/mol. The molecule has 1 aromatic heterocycles. The summed E-state index contributed by atoms with van der Waals surface area (Å²) < 4.78 is 83.2. The van der Waals surface area contributed by atoms with Gasteiger partial charge in [0.2, 0.25) is 0 Å². The summed E-state index contributed by atoms with van der Waals surface area (Å²) in [6.07, 6.45) is -4.27. The molecule has 0 fully saturated rings. The van der Waals surface area contributed by atoms with Crippen LogP contribution in [0.1, 0.15) is 16.8 Å². The molecule has 44 heavy (non-hydrogen) atoms. The van der Waals surface area contributed by atoms with Crippen LogP contribution in [0, 0.1) is 0 Å². The zero-order valence-electron chi connectivity index (χ0n) is 23.4. The Morgan fingerprint density at radius 3 is 2.20 bits per heavy atom. The van der Waals surface area contributed by atoms with E-state index in [2.05, 4.69) is 20.0 Å². The van der Waals surface area contributed by atoms with E-state index in [1.807, 2.05) is 0 Å². The molecule has 0 unspecified atom stereocenters. The number of ether oxygens (including phenoxy) is 3. The number of halogens is 3. The highest BCUT2D eigenvalue weighted by Crippen LogP contribution is 2.42. The van der Waals surface area contributed by atoms with Gasteiger partial charge < -0.3 is 30.0 Å².